The van der Waals surface area contributed by atoms with Crippen molar-refractivity contribution in [3.63, 3.8) is 0 Å². The van der Waals surface area contributed by atoms with E-state index in [0.29, 0.717) is 24.0 Å². The van der Waals surface area contributed by atoms with Crippen molar-refractivity contribution in [2.45, 2.75) is 122 Å². The third kappa shape index (κ3) is 5.08. The fourth-order valence-corrected chi connectivity index (χ4v) is 8.20. The van der Waals surface area contributed by atoms with E-state index in [1.54, 1.807) is 0 Å². The molecule has 2 aromatic heterocycles. The minimum Gasteiger partial charge on any atom is -0.348 e. The predicted octanol–water partition coefficient (Wildman–Crippen LogP) is 5.99. The molecule has 0 spiro atoms. The fourth-order valence-electron chi connectivity index (χ4n) is 7.08. The van der Waals surface area contributed by atoms with Crippen LogP contribution in [0.15, 0.2) is 6.07 Å². The highest BCUT2D eigenvalue weighted by molar-refractivity contribution is 7.12. The molecule has 2 aromatic rings. The van der Waals surface area contributed by atoms with Crippen molar-refractivity contribution in [2.24, 2.45) is 5.92 Å². The second kappa shape index (κ2) is 10.3. The highest BCUT2D eigenvalue weighted by Gasteiger charge is 2.42. The average Bonchev–Trinajstić information content (AvgIpc) is 3.58. The molecule has 1 aliphatic carbocycles. The molecule has 4 heterocycles. The van der Waals surface area contributed by atoms with Crippen LogP contribution in [-0.4, -0.2) is 44.2 Å². The lowest BCUT2D eigenvalue weighted by atomic mass is 9.95. The smallest absolute Gasteiger partial charge is 0.223 e. The van der Waals surface area contributed by atoms with Crippen LogP contribution >= 0.6 is 11.3 Å². The maximum absolute atomic E-state index is 13.1. The summed E-state index contributed by atoms with van der Waals surface area (Å²) in [4.78, 5) is 18.6. The summed E-state index contributed by atoms with van der Waals surface area (Å²) in [6, 6.07) is 4.16. The quantitative estimate of drug-likeness (QED) is 0.486. The maximum Gasteiger partial charge on any atom is 0.223 e. The Labute approximate surface area is 214 Å². The van der Waals surface area contributed by atoms with Gasteiger partial charge in [-0.15, -0.1) is 21.5 Å². The third-order valence-electron chi connectivity index (χ3n) is 8.75. The highest BCUT2D eigenvalue weighted by atomic mass is 32.1. The predicted molar refractivity (Wildman–Crippen MR) is 142 cm³/mol. The molecule has 0 radical (unpaired) electrons. The lowest BCUT2D eigenvalue weighted by Crippen LogP contribution is -2.45. The van der Waals surface area contributed by atoms with Crippen molar-refractivity contribution >= 4 is 17.2 Å². The number of amides is 1. The Balaban J connectivity index is 1.28. The molecular formula is C28H43N5OS. The van der Waals surface area contributed by atoms with E-state index in [2.05, 4.69) is 65.7 Å². The summed E-state index contributed by atoms with van der Waals surface area (Å²) in [5.74, 6) is 3.09. The van der Waals surface area contributed by atoms with E-state index in [9.17, 15) is 4.79 Å². The number of rotatable bonds is 8. The van der Waals surface area contributed by atoms with Crippen molar-refractivity contribution in [3.05, 3.63) is 33.0 Å². The van der Waals surface area contributed by atoms with Gasteiger partial charge in [0.2, 0.25) is 5.91 Å². The molecule has 3 aliphatic rings. The minimum atomic E-state index is 0.131. The number of nitrogens with zero attached hydrogens (tertiary/aromatic N) is 4. The number of fused-ring (bicyclic) bond motifs is 2. The molecule has 7 heteroatoms. The zero-order valence-corrected chi connectivity index (χ0v) is 23.0. The van der Waals surface area contributed by atoms with Gasteiger partial charge in [-0.2, -0.15) is 0 Å². The van der Waals surface area contributed by atoms with E-state index in [0.717, 1.165) is 37.5 Å². The van der Waals surface area contributed by atoms with Gasteiger partial charge < -0.3 is 9.88 Å². The molecular weight excluding hydrogens is 454 g/mol. The maximum atomic E-state index is 13.1. The summed E-state index contributed by atoms with van der Waals surface area (Å²) in [5, 5.41) is 12.4. The van der Waals surface area contributed by atoms with Gasteiger partial charge >= 0.3 is 0 Å². The van der Waals surface area contributed by atoms with Gasteiger partial charge in [0.25, 0.3) is 0 Å². The SMILES string of the molecule is Cc1cc(C)c([C@H](CCN2C3CCC2CC(n2c(C)nnc2C(C)C)C3)NC(=O)C2CCCC2)s1. The molecule has 3 fully saturated rings. The Hall–Kier alpha value is -1.73. The van der Waals surface area contributed by atoms with Gasteiger partial charge in [0, 0.05) is 46.3 Å². The molecule has 5 rings (SSSR count). The van der Waals surface area contributed by atoms with Crippen molar-refractivity contribution < 1.29 is 4.79 Å². The van der Waals surface area contributed by atoms with E-state index < -0.39 is 0 Å². The first-order valence-electron chi connectivity index (χ1n) is 13.9. The molecule has 1 N–H and O–H groups in total. The average molecular weight is 498 g/mol. The minimum absolute atomic E-state index is 0.131. The van der Waals surface area contributed by atoms with Gasteiger partial charge in [-0.1, -0.05) is 26.7 Å². The Morgan fingerprint density at radius 1 is 1.06 bits per heavy atom. The van der Waals surface area contributed by atoms with Crippen LogP contribution in [0.3, 0.4) is 0 Å². The molecule has 2 bridgehead atoms. The summed E-state index contributed by atoms with van der Waals surface area (Å²) < 4.78 is 2.44. The number of piperidine rings is 1. The van der Waals surface area contributed by atoms with Crippen LogP contribution in [0.5, 0.6) is 0 Å². The van der Waals surface area contributed by atoms with Crippen LogP contribution in [0.4, 0.5) is 0 Å². The van der Waals surface area contributed by atoms with Crippen molar-refractivity contribution in [1.29, 1.82) is 0 Å². The number of hydrogen-bond donors (Lipinski definition) is 1. The van der Waals surface area contributed by atoms with E-state index in [1.165, 1.54) is 53.8 Å². The molecule has 35 heavy (non-hydrogen) atoms. The van der Waals surface area contributed by atoms with E-state index >= 15 is 0 Å². The summed E-state index contributed by atoms with van der Waals surface area (Å²) in [6.07, 6.45) is 10.5. The van der Waals surface area contributed by atoms with Gasteiger partial charge in [-0.3, -0.25) is 9.69 Å². The second-order valence-corrected chi connectivity index (χ2v) is 12.9. The van der Waals surface area contributed by atoms with Crippen LogP contribution < -0.4 is 5.32 Å². The zero-order chi connectivity index (χ0) is 24.7. The lowest BCUT2D eigenvalue weighted by molar-refractivity contribution is -0.125. The van der Waals surface area contributed by atoms with Crippen LogP contribution in [0.1, 0.15) is 117 Å². The van der Waals surface area contributed by atoms with Crippen molar-refractivity contribution in [2.75, 3.05) is 6.54 Å². The molecule has 192 valence electrons. The Bertz CT molecular complexity index is 1020. The van der Waals surface area contributed by atoms with Gasteiger partial charge in [0.1, 0.15) is 11.6 Å². The third-order valence-corrected chi connectivity index (χ3v) is 10.0. The van der Waals surface area contributed by atoms with Gasteiger partial charge in [-0.05, 0) is 77.3 Å². The highest BCUT2D eigenvalue weighted by Crippen LogP contribution is 2.43. The van der Waals surface area contributed by atoms with E-state index in [-0.39, 0.29) is 17.9 Å². The topological polar surface area (TPSA) is 63.1 Å². The summed E-state index contributed by atoms with van der Waals surface area (Å²) in [7, 11) is 0. The molecule has 1 amide bonds. The summed E-state index contributed by atoms with van der Waals surface area (Å²) in [5.41, 5.74) is 1.33. The summed E-state index contributed by atoms with van der Waals surface area (Å²) in [6.45, 7) is 12.0. The van der Waals surface area contributed by atoms with E-state index in [1.807, 2.05) is 11.3 Å². The Kier molecular flexibility index (Phi) is 7.36. The number of carbonyl (C=O) groups is 1. The molecule has 2 saturated heterocycles. The first-order valence-corrected chi connectivity index (χ1v) is 14.7. The molecule has 6 nitrogen and oxygen atoms in total. The fraction of sp³-hybridized carbons (Fsp3) is 0.750. The van der Waals surface area contributed by atoms with Crippen molar-refractivity contribution in [1.82, 2.24) is 25.0 Å². The number of hydrogen-bond acceptors (Lipinski definition) is 5. The van der Waals surface area contributed by atoms with Crippen LogP contribution in [-0.2, 0) is 4.79 Å². The second-order valence-electron chi connectivity index (χ2n) is 11.6. The number of carbonyl (C=O) groups excluding carboxylic acids is 1. The number of aryl methyl sites for hydroxylation is 3. The molecule has 3 atom stereocenters. The summed E-state index contributed by atoms with van der Waals surface area (Å²) >= 11 is 1.86. The largest absolute Gasteiger partial charge is 0.348 e. The molecule has 2 aliphatic heterocycles. The first kappa shape index (κ1) is 24.9. The van der Waals surface area contributed by atoms with Crippen LogP contribution in [0.25, 0.3) is 0 Å². The van der Waals surface area contributed by atoms with Crippen molar-refractivity contribution in [3.8, 4) is 0 Å². The molecule has 1 saturated carbocycles. The zero-order valence-electron chi connectivity index (χ0n) is 22.2. The van der Waals surface area contributed by atoms with Crippen LogP contribution in [0.2, 0.25) is 0 Å². The monoisotopic (exact) mass is 497 g/mol. The number of aromatic nitrogens is 3. The first-order chi connectivity index (χ1) is 16.8. The Morgan fingerprint density at radius 2 is 1.74 bits per heavy atom. The number of nitrogens with one attached hydrogen (secondary N) is 1. The van der Waals surface area contributed by atoms with Crippen LogP contribution in [0, 0.1) is 26.7 Å². The molecule has 2 unspecified atom stereocenters. The normalized spacial score (nSPS) is 26.1. The molecule has 0 aromatic carbocycles. The Morgan fingerprint density at radius 3 is 2.34 bits per heavy atom. The standard InChI is InChI=1S/C28H43N5OS/c1-17(2)27-31-30-20(5)33(27)24-15-22-10-11-23(16-24)32(22)13-12-25(26-18(3)14-19(4)35-26)29-28(34)21-8-6-7-9-21/h14,17,21-25H,6-13,15-16H2,1-5H3,(H,29,34)/t22?,23?,24?,25-/m0/s1. The lowest BCUT2D eigenvalue weighted by Gasteiger charge is -2.40. The van der Waals surface area contributed by atoms with Gasteiger partial charge in [0.05, 0.1) is 6.04 Å². The number of thiophene rings is 1. The van der Waals surface area contributed by atoms with E-state index in [4.69, 9.17) is 0 Å². The van der Waals surface area contributed by atoms with Gasteiger partial charge in [-0.25, -0.2) is 0 Å². The van der Waals surface area contributed by atoms with Gasteiger partial charge in [0.15, 0.2) is 0 Å².